The van der Waals surface area contributed by atoms with Crippen LogP contribution in [0.2, 0.25) is 0 Å². The van der Waals surface area contributed by atoms with Gasteiger partial charge in [-0.25, -0.2) is 0 Å². The molecule has 0 aliphatic carbocycles. The Kier molecular flexibility index (Phi) is 2.22. The summed E-state index contributed by atoms with van der Waals surface area (Å²) < 4.78 is 0. The lowest BCUT2D eigenvalue weighted by atomic mass is 9.82. The topological polar surface area (TPSA) is 34.5 Å². The van der Waals surface area contributed by atoms with E-state index in [1.54, 1.807) is 23.7 Å². The summed E-state index contributed by atoms with van der Waals surface area (Å²) in [6.45, 7) is 0.511. The van der Waals surface area contributed by atoms with Crippen LogP contribution in [0.5, 0.6) is 0 Å². The van der Waals surface area contributed by atoms with Crippen molar-refractivity contribution in [2.45, 2.75) is 5.41 Å². The summed E-state index contributed by atoms with van der Waals surface area (Å²) >= 11 is 1.69. The van der Waals surface area contributed by atoms with Crippen molar-refractivity contribution < 1.29 is 4.84 Å². The van der Waals surface area contributed by atoms with Gasteiger partial charge in [0.15, 0.2) is 0 Å². The Morgan fingerprint density at radius 2 is 2.19 bits per heavy atom. The molecule has 2 aromatic heterocycles. The number of pyridine rings is 1. The highest BCUT2D eigenvalue weighted by Gasteiger charge is 2.39. The molecule has 0 saturated carbocycles. The van der Waals surface area contributed by atoms with Gasteiger partial charge < -0.3 is 4.84 Å². The molecular formula is C12H9N2OS. The van der Waals surface area contributed by atoms with E-state index in [2.05, 4.69) is 27.8 Å². The Morgan fingerprint density at radius 3 is 2.81 bits per heavy atom. The van der Waals surface area contributed by atoms with Gasteiger partial charge in [0.2, 0.25) is 0 Å². The van der Waals surface area contributed by atoms with Crippen LogP contribution in [0.4, 0.5) is 0 Å². The molecule has 0 aromatic carbocycles. The largest absolute Gasteiger partial charge is 0.394 e. The second kappa shape index (κ2) is 3.72. The number of thiophene rings is 1. The smallest absolute Gasteiger partial charge is 0.137 e. The SMILES string of the molecule is [C]1=NOCC1(c1ccncc1)c1cccs1. The zero-order valence-electron chi connectivity index (χ0n) is 8.46. The molecule has 3 nitrogen and oxygen atoms in total. The summed E-state index contributed by atoms with van der Waals surface area (Å²) in [4.78, 5) is 10.4. The van der Waals surface area contributed by atoms with E-state index in [1.165, 1.54) is 4.88 Å². The fourth-order valence-corrected chi connectivity index (χ4v) is 2.73. The molecule has 1 aliphatic rings. The predicted molar refractivity (Wildman–Crippen MR) is 62.7 cm³/mol. The van der Waals surface area contributed by atoms with Crippen LogP contribution in [0.25, 0.3) is 0 Å². The molecule has 1 atom stereocenters. The minimum absolute atomic E-state index is 0.350. The molecule has 0 saturated heterocycles. The fourth-order valence-electron chi connectivity index (χ4n) is 1.85. The van der Waals surface area contributed by atoms with Crippen molar-refractivity contribution in [2.75, 3.05) is 6.61 Å². The molecule has 2 aromatic rings. The van der Waals surface area contributed by atoms with Gasteiger partial charge in [0.25, 0.3) is 0 Å². The summed E-state index contributed by atoms with van der Waals surface area (Å²) in [5.41, 5.74) is 0.767. The number of nitrogens with zero attached hydrogens (tertiary/aromatic N) is 2. The lowest BCUT2D eigenvalue weighted by Crippen LogP contribution is -2.29. The van der Waals surface area contributed by atoms with Crippen LogP contribution in [-0.4, -0.2) is 17.8 Å². The van der Waals surface area contributed by atoms with Gasteiger partial charge in [0.1, 0.15) is 18.2 Å². The minimum Gasteiger partial charge on any atom is -0.394 e. The Balaban J connectivity index is 2.15. The minimum atomic E-state index is -0.350. The van der Waals surface area contributed by atoms with Crippen molar-refractivity contribution >= 4 is 17.6 Å². The summed E-state index contributed by atoms with van der Waals surface area (Å²) in [5, 5.41) is 5.86. The molecule has 1 unspecified atom stereocenters. The summed E-state index contributed by atoms with van der Waals surface area (Å²) in [7, 11) is 0. The molecule has 0 spiro atoms. The van der Waals surface area contributed by atoms with E-state index in [0.717, 1.165) is 5.56 Å². The Bertz CT molecular complexity index is 495. The number of rotatable bonds is 2. The average molecular weight is 229 g/mol. The van der Waals surface area contributed by atoms with Crippen molar-refractivity contribution in [1.82, 2.24) is 4.98 Å². The van der Waals surface area contributed by atoms with Gasteiger partial charge in [-0.3, -0.25) is 4.98 Å². The molecule has 0 fully saturated rings. The molecule has 1 aliphatic heterocycles. The lowest BCUT2D eigenvalue weighted by Gasteiger charge is -2.22. The number of hydrogen-bond donors (Lipinski definition) is 0. The van der Waals surface area contributed by atoms with Crippen LogP contribution in [0.1, 0.15) is 10.4 Å². The van der Waals surface area contributed by atoms with Gasteiger partial charge in [-0.2, -0.15) is 0 Å². The van der Waals surface area contributed by atoms with E-state index in [4.69, 9.17) is 4.84 Å². The highest BCUT2D eigenvalue weighted by molar-refractivity contribution is 7.10. The van der Waals surface area contributed by atoms with Crippen LogP contribution in [0, 0.1) is 0 Å². The maximum absolute atomic E-state index is 5.14. The normalized spacial score (nSPS) is 23.2. The average Bonchev–Trinajstić information content (AvgIpc) is 3.02. The van der Waals surface area contributed by atoms with Gasteiger partial charge in [-0.1, -0.05) is 11.2 Å². The Labute approximate surface area is 97.4 Å². The Morgan fingerprint density at radius 1 is 1.31 bits per heavy atom. The third-order valence-electron chi connectivity index (χ3n) is 2.70. The molecule has 3 heterocycles. The summed E-state index contributed by atoms with van der Waals surface area (Å²) in [6.07, 6.45) is 6.64. The monoisotopic (exact) mass is 229 g/mol. The molecule has 1 radical (unpaired) electrons. The number of aromatic nitrogens is 1. The molecule has 0 bridgehead atoms. The predicted octanol–water partition coefficient (Wildman–Crippen LogP) is 2.32. The third-order valence-corrected chi connectivity index (χ3v) is 3.73. The summed E-state index contributed by atoms with van der Waals surface area (Å²) in [6, 6.07) is 8.08. The zero-order valence-corrected chi connectivity index (χ0v) is 9.28. The van der Waals surface area contributed by atoms with Gasteiger partial charge in [0, 0.05) is 17.3 Å². The second-order valence-corrected chi connectivity index (χ2v) is 4.54. The van der Waals surface area contributed by atoms with Crippen molar-refractivity contribution in [1.29, 1.82) is 0 Å². The maximum atomic E-state index is 5.14. The van der Waals surface area contributed by atoms with Crippen LogP contribution in [-0.2, 0) is 10.3 Å². The van der Waals surface area contributed by atoms with Gasteiger partial charge in [0.05, 0.1) is 0 Å². The first-order valence-corrected chi connectivity index (χ1v) is 5.83. The molecule has 3 rings (SSSR count). The first-order chi connectivity index (χ1) is 7.92. The second-order valence-electron chi connectivity index (χ2n) is 3.60. The van der Waals surface area contributed by atoms with E-state index < -0.39 is 0 Å². The molecule has 4 heteroatoms. The van der Waals surface area contributed by atoms with E-state index >= 15 is 0 Å². The van der Waals surface area contributed by atoms with E-state index in [1.807, 2.05) is 18.2 Å². The van der Waals surface area contributed by atoms with Crippen LogP contribution in [0.15, 0.2) is 47.2 Å². The fraction of sp³-hybridized carbons (Fsp3) is 0.167. The molecule has 0 amide bonds. The van der Waals surface area contributed by atoms with Crippen molar-refractivity contribution in [3.05, 3.63) is 52.5 Å². The van der Waals surface area contributed by atoms with Crippen molar-refractivity contribution in [3.63, 3.8) is 0 Å². The molecule has 16 heavy (non-hydrogen) atoms. The third kappa shape index (κ3) is 1.34. The lowest BCUT2D eigenvalue weighted by molar-refractivity contribution is 0.153. The van der Waals surface area contributed by atoms with Crippen LogP contribution < -0.4 is 0 Å². The van der Waals surface area contributed by atoms with Gasteiger partial charge in [-0.05, 0) is 29.1 Å². The van der Waals surface area contributed by atoms with Gasteiger partial charge in [-0.15, -0.1) is 11.3 Å². The van der Waals surface area contributed by atoms with Crippen molar-refractivity contribution in [2.24, 2.45) is 5.16 Å². The highest BCUT2D eigenvalue weighted by Crippen LogP contribution is 2.36. The summed E-state index contributed by atoms with van der Waals surface area (Å²) in [5.74, 6) is 0. The van der Waals surface area contributed by atoms with Crippen LogP contribution in [0.3, 0.4) is 0 Å². The zero-order chi connectivity index (χ0) is 10.8. The maximum Gasteiger partial charge on any atom is 0.137 e. The number of hydrogen-bond acceptors (Lipinski definition) is 4. The van der Waals surface area contributed by atoms with Crippen LogP contribution >= 0.6 is 11.3 Å². The Hall–Kier alpha value is -1.68. The molecule has 0 N–H and O–H groups in total. The highest BCUT2D eigenvalue weighted by atomic mass is 32.1. The van der Waals surface area contributed by atoms with Crippen molar-refractivity contribution in [3.8, 4) is 0 Å². The molecule has 79 valence electrons. The van der Waals surface area contributed by atoms with Gasteiger partial charge >= 0.3 is 0 Å². The first kappa shape index (κ1) is 9.54. The van der Waals surface area contributed by atoms with E-state index in [9.17, 15) is 0 Å². The van der Waals surface area contributed by atoms with E-state index in [-0.39, 0.29) is 5.41 Å². The standard InChI is InChI=1S/C12H9N2OS/c1-2-11(16-7-1)12(8-14-15-9-12)10-3-5-13-6-4-10/h1-7H,9H2. The van der Waals surface area contributed by atoms with E-state index in [0.29, 0.717) is 6.61 Å². The molecular weight excluding hydrogens is 220 g/mol. The first-order valence-electron chi connectivity index (χ1n) is 4.95. The quantitative estimate of drug-likeness (QED) is 0.792.